The fourth-order valence-electron chi connectivity index (χ4n) is 1.22. The molecule has 0 aliphatic carbocycles. The average Bonchev–Trinajstić information content (AvgIpc) is 2.34. The maximum atomic E-state index is 11.7. The number of para-hydroxylation sites is 1. The Balaban J connectivity index is 2.74. The van der Waals surface area contributed by atoms with Crippen LogP contribution in [0.3, 0.4) is 0 Å². The Morgan fingerprint density at radius 3 is 2.62 bits per heavy atom. The molecule has 0 aliphatic rings. The van der Waals surface area contributed by atoms with Crippen molar-refractivity contribution in [1.29, 1.82) is 0 Å². The highest BCUT2D eigenvalue weighted by molar-refractivity contribution is 5.91. The van der Waals surface area contributed by atoms with E-state index < -0.39 is 0 Å². The molecule has 16 heavy (non-hydrogen) atoms. The lowest BCUT2D eigenvalue weighted by Crippen LogP contribution is -2.49. The van der Waals surface area contributed by atoms with Crippen LogP contribution < -0.4 is 15.8 Å². The van der Waals surface area contributed by atoms with Gasteiger partial charge in [0.05, 0.1) is 12.2 Å². The first-order chi connectivity index (χ1) is 7.79. The standard InChI is InChI=1S/C11H15N3O2/c1-2-13-14(11(16)12-8-9-15)10-6-4-3-5-7-10/h3-7,9,13H,2,8H2,1H3,(H,12,16). The summed E-state index contributed by atoms with van der Waals surface area (Å²) in [4.78, 5) is 21.9. The fraction of sp³-hybridized carbons (Fsp3) is 0.273. The van der Waals surface area contributed by atoms with E-state index in [1.807, 2.05) is 37.3 Å². The highest BCUT2D eigenvalue weighted by Crippen LogP contribution is 2.10. The Labute approximate surface area is 94.4 Å². The van der Waals surface area contributed by atoms with Crippen molar-refractivity contribution in [2.24, 2.45) is 0 Å². The quantitative estimate of drug-likeness (QED) is 0.574. The van der Waals surface area contributed by atoms with E-state index >= 15 is 0 Å². The van der Waals surface area contributed by atoms with Gasteiger partial charge in [0.25, 0.3) is 0 Å². The van der Waals surface area contributed by atoms with Gasteiger partial charge >= 0.3 is 6.03 Å². The van der Waals surface area contributed by atoms with E-state index in [2.05, 4.69) is 10.7 Å². The van der Waals surface area contributed by atoms with Crippen molar-refractivity contribution in [3.8, 4) is 0 Å². The van der Waals surface area contributed by atoms with Gasteiger partial charge in [0.15, 0.2) is 0 Å². The van der Waals surface area contributed by atoms with Gasteiger partial charge in [-0.05, 0) is 12.1 Å². The lowest BCUT2D eigenvalue weighted by molar-refractivity contribution is -0.107. The molecular formula is C11H15N3O2. The molecule has 0 radical (unpaired) electrons. The number of nitrogens with one attached hydrogen (secondary N) is 2. The molecule has 0 bridgehead atoms. The Bertz CT molecular complexity index is 340. The second-order valence-corrected chi connectivity index (χ2v) is 3.04. The monoisotopic (exact) mass is 221 g/mol. The van der Waals surface area contributed by atoms with Gasteiger partial charge in [-0.15, -0.1) is 0 Å². The number of aldehydes is 1. The fourth-order valence-corrected chi connectivity index (χ4v) is 1.22. The van der Waals surface area contributed by atoms with Crippen molar-refractivity contribution >= 4 is 18.0 Å². The minimum absolute atomic E-state index is 0.00750. The highest BCUT2D eigenvalue weighted by Gasteiger charge is 2.13. The molecule has 0 aromatic heterocycles. The number of nitrogens with zero attached hydrogens (tertiary/aromatic N) is 1. The van der Waals surface area contributed by atoms with Crippen molar-refractivity contribution < 1.29 is 9.59 Å². The summed E-state index contributed by atoms with van der Waals surface area (Å²) in [6.07, 6.45) is 0.646. The summed E-state index contributed by atoms with van der Waals surface area (Å²) in [6, 6.07) is 8.82. The second-order valence-electron chi connectivity index (χ2n) is 3.04. The van der Waals surface area contributed by atoms with Crippen LogP contribution in [0.1, 0.15) is 6.92 Å². The van der Waals surface area contributed by atoms with Crippen LogP contribution in [0, 0.1) is 0 Å². The number of hydrogen-bond acceptors (Lipinski definition) is 3. The zero-order valence-electron chi connectivity index (χ0n) is 9.14. The summed E-state index contributed by atoms with van der Waals surface area (Å²) in [5.74, 6) is 0. The molecule has 0 saturated heterocycles. The molecule has 5 nitrogen and oxygen atoms in total. The molecular weight excluding hydrogens is 206 g/mol. The van der Waals surface area contributed by atoms with Crippen molar-refractivity contribution in [3.05, 3.63) is 30.3 Å². The van der Waals surface area contributed by atoms with Crippen LogP contribution in [-0.2, 0) is 4.79 Å². The summed E-state index contributed by atoms with van der Waals surface area (Å²) < 4.78 is 0. The Morgan fingerprint density at radius 1 is 1.38 bits per heavy atom. The summed E-state index contributed by atoms with van der Waals surface area (Å²) in [6.45, 7) is 2.51. The normalized spacial score (nSPS) is 9.56. The third-order valence-corrected chi connectivity index (χ3v) is 1.87. The minimum atomic E-state index is -0.347. The van der Waals surface area contributed by atoms with Crippen LogP contribution in [0.5, 0.6) is 0 Å². The molecule has 1 rings (SSSR count). The topological polar surface area (TPSA) is 61.4 Å². The molecule has 1 aromatic rings. The molecule has 0 atom stereocenters. The van der Waals surface area contributed by atoms with E-state index in [-0.39, 0.29) is 12.6 Å². The smallest absolute Gasteiger partial charge is 0.330 e. The Kier molecular flexibility index (Phi) is 5.01. The first kappa shape index (κ1) is 12.2. The Hall–Kier alpha value is -1.88. The van der Waals surface area contributed by atoms with Crippen LogP contribution in [0.4, 0.5) is 10.5 Å². The summed E-state index contributed by atoms with van der Waals surface area (Å²) in [5, 5.41) is 3.85. The third-order valence-electron chi connectivity index (χ3n) is 1.87. The van der Waals surface area contributed by atoms with E-state index in [1.54, 1.807) is 0 Å². The van der Waals surface area contributed by atoms with E-state index in [1.165, 1.54) is 5.01 Å². The van der Waals surface area contributed by atoms with Gasteiger partial charge in [-0.2, -0.15) is 0 Å². The van der Waals surface area contributed by atoms with Crippen LogP contribution in [-0.4, -0.2) is 25.4 Å². The lowest BCUT2D eigenvalue weighted by Gasteiger charge is -2.22. The number of carbonyl (C=O) groups is 2. The highest BCUT2D eigenvalue weighted by atomic mass is 16.2. The maximum Gasteiger partial charge on any atom is 0.336 e. The molecule has 1 aromatic carbocycles. The van der Waals surface area contributed by atoms with Crippen molar-refractivity contribution in [3.63, 3.8) is 0 Å². The van der Waals surface area contributed by atoms with E-state index in [4.69, 9.17) is 0 Å². The third kappa shape index (κ3) is 3.36. The summed E-state index contributed by atoms with van der Waals surface area (Å²) in [7, 11) is 0. The SMILES string of the molecule is CCNN(C(=O)NCC=O)c1ccccc1. The molecule has 0 aliphatic heterocycles. The number of amides is 2. The van der Waals surface area contributed by atoms with Crippen LogP contribution >= 0.6 is 0 Å². The van der Waals surface area contributed by atoms with Crippen molar-refractivity contribution in [1.82, 2.24) is 10.7 Å². The number of rotatable bonds is 5. The minimum Gasteiger partial charge on any atom is -0.330 e. The molecule has 86 valence electrons. The molecule has 0 spiro atoms. The van der Waals surface area contributed by atoms with E-state index in [0.717, 1.165) is 5.69 Å². The first-order valence-electron chi connectivity index (χ1n) is 5.09. The number of hydrazine groups is 1. The Morgan fingerprint density at radius 2 is 2.06 bits per heavy atom. The van der Waals surface area contributed by atoms with Gasteiger partial charge in [-0.1, -0.05) is 25.1 Å². The summed E-state index contributed by atoms with van der Waals surface area (Å²) >= 11 is 0. The van der Waals surface area contributed by atoms with Crippen molar-refractivity contribution in [2.75, 3.05) is 18.1 Å². The number of benzene rings is 1. The van der Waals surface area contributed by atoms with Crippen LogP contribution in [0.25, 0.3) is 0 Å². The average molecular weight is 221 g/mol. The number of anilines is 1. The van der Waals surface area contributed by atoms with Gasteiger partial charge in [0, 0.05) is 6.54 Å². The van der Waals surface area contributed by atoms with Gasteiger partial charge in [-0.3, -0.25) is 0 Å². The van der Waals surface area contributed by atoms with E-state index in [9.17, 15) is 9.59 Å². The molecule has 2 amide bonds. The molecule has 0 fully saturated rings. The number of carbonyl (C=O) groups excluding carboxylic acids is 2. The maximum absolute atomic E-state index is 11.7. The zero-order chi connectivity index (χ0) is 11.8. The molecule has 5 heteroatoms. The van der Waals surface area contributed by atoms with Gasteiger partial charge in [-0.25, -0.2) is 15.2 Å². The largest absolute Gasteiger partial charge is 0.336 e. The van der Waals surface area contributed by atoms with Gasteiger partial charge in [0.1, 0.15) is 6.29 Å². The van der Waals surface area contributed by atoms with Crippen LogP contribution in [0.2, 0.25) is 0 Å². The predicted octanol–water partition coefficient (Wildman–Crippen LogP) is 0.926. The number of hydrogen-bond donors (Lipinski definition) is 2. The second kappa shape index (κ2) is 6.58. The van der Waals surface area contributed by atoms with E-state index in [0.29, 0.717) is 12.8 Å². The summed E-state index contributed by atoms with van der Waals surface area (Å²) in [5.41, 5.74) is 3.64. The molecule has 0 heterocycles. The molecule has 0 unspecified atom stereocenters. The number of urea groups is 1. The molecule has 0 saturated carbocycles. The van der Waals surface area contributed by atoms with Crippen LogP contribution in [0.15, 0.2) is 30.3 Å². The van der Waals surface area contributed by atoms with Gasteiger partial charge < -0.3 is 10.1 Å². The van der Waals surface area contributed by atoms with Gasteiger partial charge in [0.2, 0.25) is 0 Å². The lowest BCUT2D eigenvalue weighted by atomic mass is 10.3. The first-order valence-corrected chi connectivity index (χ1v) is 5.09. The van der Waals surface area contributed by atoms with Crippen molar-refractivity contribution in [2.45, 2.75) is 6.92 Å². The molecule has 2 N–H and O–H groups in total. The predicted molar refractivity (Wildman–Crippen MR) is 62.1 cm³/mol. The zero-order valence-corrected chi connectivity index (χ0v) is 9.14.